The summed E-state index contributed by atoms with van der Waals surface area (Å²) >= 11 is 0. The minimum atomic E-state index is -0.998. The van der Waals surface area contributed by atoms with E-state index in [-0.39, 0.29) is 0 Å². The second-order valence-electron chi connectivity index (χ2n) is 5.50. The summed E-state index contributed by atoms with van der Waals surface area (Å²) in [4.78, 5) is 0. The first-order valence-corrected chi connectivity index (χ1v) is 5.16. The molecule has 0 aromatic carbocycles. The summed E-state index contributed by atoms with van der Waals surface area (Å²) in [5, 5.41) is 9.69. The Kier molecular flexibility index (Phi) is 3.01. The molecule has 13 heavy (non-hydrogen) atoms. The maximum Gasteiger partial charge on any atom is 0.118 e. The van der Waals surface area contributed by atoms with Gasteiger partial charge in [0.05, 0.1) is 5.60 Å². The van der Waals surface area contributed by atoms with Crippen LogP contribution in [-0.2, 0) is 0 Å². The molecule has 1 aliphatic rings. The zero-order valence-corrected chi connectivity index (χ0v) is 8.94. The van der Waals surface area contributed by atoms with Crippen molar-refractivity contribution in [3.05, 3.63) is 0 Å². The first-order chi connectivity index (χ1) is 5.87. The largest absolute Gasteiger partial charge is 0.387 e. The Hall–Kier alpha value is -0.110. The maximum absolute atomic E-state index is 12.4. The molecular formula is C11H21FO. The Morgan fingerprint density at radius 1 is 1.31 bits per heavy atom. The lowest BCUT2D eigenvalue weighted by Gasteiger charge is -2.40. The lowest BCUT2D eigenvalue weighted by molar-refractivity contribution is -0.0414. The van der Waals surface area contributed by atoms with Gasteiger partial charge in [0.25, 0.3) is 0 Å². The van der Waals surface area contributed by atoms with E-state index in [0.29, 0.717) is 24.2 Å². The molecule has 1 fully saturated rings. The number of rotatable bonds is 1. The second-order valence-corrected chi connectivity index (χ2v) is 5.50. The third kappa shape index (κ3) is 2.67. The van der Waals surface area contributed by atoms with Crippen molar-refractivity contribution in [1.29, 1.82) is 0 Å². The number of alkyl halides is 1. The minimum Gasteiger partial charge on any atom is -0.387 e. The van der Waals surface area contributed by atoms with Crippen LogP contribution in [0.4, 0.5) is 4.39 Å². The van der Waals surface area contributed by atoms with Crippen molar-refractivity contribution in [3.8, 4) is 0 Å². The highest BCUT2D eigenvalue weighted by molar-refractivity contribution is 4.88. The van der Waals surface area contributed by atoms with Crippen LogP contribution in [-0.4, -0.2) is 17.4 Å². The van der Waals surface area contributed by atoms with E-state index in [1.165, 1.54) is 0 Å². The highest BCUT2D eigenvalue weighted by atomic mass is 19.1. The lowest BCUT2D eigenvalue weighted by Crippen LogP contribution is -2.39. The van der Waals surface area contributed by atoms with Gasteiger partial charge in [-0.25, -0.2) is 4.39 Å². The summed E-state index contributed by atoms with van der Waals surface area (Å²) in [7, 11) is 0. The zero-order valence-electron chi connectivity index (χ0n) is 8.94. The molecule has 0 atom stereocenters. The van der Waals surface area contributed by atoms with E-state index in [4.69, 9.17) is 0 Å². The van der Waals surface area contributed by atoms with Gasteiger partial charge in [0.15, 0.2) is 0 Å². The van der Waals surface area contributed by atoms with Gasteiger partial charge in [-0.2, -0.15) is 0 Å². The van der Waals surface area contributed by atoms with Gasteiger partial charge in [0.1, 0.15) is 6.67 Å². The van der Waals surface area contributed by atoms with Crippen LogP contribution in [0.25, 0.3) is 0 Å². The van der Waals surface area contributed by atoms with E-state index in [1.54, 1.807) is 0 Å². The molecule has 1 rings (SSSR count). The van der Waals surface area contributed by atoms with Crippen LogP contribution in [0, 0.1) is 11.3 Å². The molecule has 0 spiro atoms. The molecular weight excluding hydrogens is 167 g/mol. The summed E-state index contributed by atoms with van der Waals surface area (Å²) < 4.78 is 12.4. The molecule has 0 amide bonds. The van der Waals surface area contributed by atoms with Gasteiger partial charge in [-0.1, -0.05) is 20.8 Å². The zero-order chi connectivity index (χ0) is 10.1. The van der Waals surface area contributed by atoms with Gasteiger partial charge in [0.2, 0.25) is 0 Å². The van der Waals surface area contributed by atoms with E-state index in [9.17, 15) is 9.50 Å². The van der Waals surface area contributed by atoms with E-state index < -0.39 is 12.3 Å². The van der Waals surface area contributed by atoms with Gasteiger partial charge >= 0.3 is 0 Å². The smallest absolute Gasteiger partial charge is 0.118 e. The fourth-order valence-corrected chi connectivity index (χ4v) is 2.15. The van der Waals surface area contributed by atoms with E-state index in [1.807, 2.05) is 0 Å². The molecule has 0 radical (unpaired) electrons. The van der Waals surface area contributed by atoms with Gasteiger partial charge in [-0.3, -0.25) is 0 Å². The molecule has 0 unspecified atom stereocenters. The summed E-state index contributed by atoms with van der Waals surface area (Å²) in [5.74, 6) is 0.638. The third-order valence-electron chi connectivity index (χ3n) is 3.39. The van der Waals surface area contributed by atoms with Crippen molar-refractivity contribution in [2.24, 2.45) is 11.3 Å². The number of aliphatic hydroxyl groups is 1. The summed E-state index contributed by atoms with van der Waals surface area (Å²) in [6.07, 6.45) is 3.19. The molecule has 1 saturated carbocycles. The molecule has 0 saturated heterocycles. The molecule has 78 valence electrons. The average molecular weight is 188 g/mol. The highest BCUT2D eigenvalue weighted by Crippen LogP contribution is 2.41. The number of hydrogen-bond acceptors (Lipinski definition) is 1. The fourth-order valence-electron chi connectivity index (χ4n) is 2.15. The van der Waals surface area contributed by atoms with Crippen LogP contribution < -0.4 is 0 Å². The van der Waals surface area contributed by atoms with Crippen molar-refractivity contribution in [3.63, 3.8) is 0 Å². The SMILES string of the molecule is CC(C)(C)C1CCC(O)(CF)CC1. The quantitative estimate of drug-likeness (QED) is 0.670. The second kappa shape index (κ2) is 3.56. The predicted molar refractivity (Wildman–Crippen MR) is 52.3 cm³/mol. The van der Waals surface area contributed by atoms with Gasteiger partial charge in [-0.05, 0) is 37.0 Å². The Morgan fingerprint density at radius 3 is 2.08 bits per heavy atom. The summed E-state index contributed by atoms with van der Waals surface area (Å²) in [6, 6.07) is 0. The standard InChI is InChI=1S/C11H21FO/c1-10(2,3)9-4-6-11(13,8-12)7-5-9/h9,13H,4-8H2,1-3H3. The van der Waals surface area contributed by atoms with E-state index in [2.05, 4.69) is 20.8 Å². The molecule has 1 nitrogen and oxygen atoms in total. The first kappa shape index (κ1) is 11.0. The summed E-state index contributed by atoms with van der Waals surface area (Å²) in [6.45, 7) is 6.08. The molecule has 0 bridgehead atoms. The molecule has 1 N–H and O–H groups in total. The summed E-state index contributed by atoms with van der Waals surface area (Å²) in [5.41, 5.74) is -0.695. The minimum absolute atomic E-state index is 0.303. The van der Waals surface area contributed by atoms with Crippen LogP contribution >= 0.6 is 0 Å². The van der Waals surface area contributed by atoms with Gasteiger partial charge in [-0.15, -0.1) is 0 Å². The normalized spacial score (nSPS) is 36.2. The molecule has 0 aromatic rings. The van der Waals surface area contributed by atoms with Crippen LogP contribution in [0.1, 0.15) is 46.5 Å². The topological polar surface area (TPSA) is 20.2 Å². The van der Waals surface area contributed by atoms with Gasteiger partial charge in [0, 0.05) is 0 Å². The monoisotopic (exact) mass is 188 g/mol. The van der Waals surface area contributed by atoms with Crippen molar-refractivity contribution in [2.75, 3.05) is 6.67 Å². The Bertz CT molecular complexity index is 163. The Morgan fingerprint density at radius 2 is 1.77 bits per heavy atom. The molecule has 1 aliphatic carbocycles. The van der Waals surface area contributed by atoms with Crippen LogP contribution in [0.15, 0.2) is 0 Å². The molecule has 0 aliphatic heterocycles. The predicted octanol–water partition coefficient (Wildman–Crippen LogP) is 2.92. The van der Waals surface area contributed by atoms with Crippen molar-refractivity contribution >= 4 is 0 Å². The number of halogens is 1. The van der Waals surface area contributed by atoms with Crippen molar-refractivity contribution in [1.82, 2.24) is 0 Å². The average Bonchev–Trinajstić information content (AvgIpc) is 2.04. The van der Waals surface area contributed by atoms with Crippen molar-refractivity contribution in [2.45, 2.75) is 52.1 Å². The fraction of sp³-hybridized carbons (Fsp3) is 1.00. The van der Waals surface area contributed by atoms with Gasteiger partial charge < -0.3 is 5.11 Å². The Labute approximate surface area is 80.3 Å². The number of hydrogen-bond donors (Lipinski definition) is 1. The molecule has 0 aromatic heterocycles. The van der Waals surface area contributed by atoms with E-state index in [0.717, 1.165) is 12.8 Å². The Balaban J connectivity index is 2.48. The molecule has 0 heterocycles. The van der Waals surface area contributed by atoms with Crippen molar-refractivity contribution < 1.29 is 9.50 Å². The lowest BCUT2D eigenvalue weighted by atomic mass is 9.69. The highest BCUT2D eigenvalue weighted by Gasteiger charge is 2.37. The van der Waals surface area contributed by atoms with Crippen LogP contribution in [0.3, 0.4) is 0 Å². The third-order valence-corrected chi connectivity index (χ3v) is 3.39. The first-order valence-electron chi connectivity index (χ1n) is 5.16. The van der Waals surface area contributed by atoms with E-state index >= 15 is 0 Å². The van der Waals surface area contributed by atoms with Crippen LogP contribution in [0.2, 0.25) is 0 Å². The molecule has 2 heteroatoms. The maximum atomic E-state index is 12.4. The van der Waals surface area contributed by atoms with Crippen LogP contribution in [0.5, 0.6) is 0 Å².